The number of aliphatic hydroxyl groups is 1. The van der Waals surface area contributed by atoms with E-state index in [9.17, 15) is 0 Å². The van der Waals surface area contributed by atoms with Crippen LogP contribution in [0.1, 0.15) is 17.5 Å². The van der Waals surface area contributed by atoms with E-state index in [4.69, 9.17) is 5.11 Å². The molecule has 1 aliphatic carbocycles. The molecule has 1 aliphatic rings. The SMILES string of the molecule is Cc1cc(CN[C@@H]2C=C[C@H](CO)C2)ccc1-n1cncn1. The molecule has 0 fully saturated rings. The van der Waals surface area contributed by atoms with Crippen LogP contribution in [0.5, 0.6) is 0 Å². The normalized spacial score (nSPS) is 21.0. The molecule has 1 heterocycles. The highest BCUT2D eigenvalue weighted by Crippen LogP contribution is 2.18. The van der Waals surface area contributed by atoms with Gasteiger partial charge < -0.3 is 10.4 Å². The van der Waals surface area contributed by atoms with Gasteiger partial charge in [-0.3, -0.25) is 0 Å². The lowest BCUT2D eigenvalue weighted by Gasteiger charge is -2.14. The summed E-state index contributed by atoms with van der Waals surface area (Å²) >= 11 is 0. The summed E-state index contributed by atoms with van der Waals surface area (Å²) in [6, 6.07) is 6.71. The van der Waals surface area contributed by atoms with Crippen molar-refractivity contribution in [2.24, 2.45) is 5.92 Å². The summed E-state index contributed by atoms with van der Waals surface area (Å²) in [6.07, 6.45) is 8.47. The third-order valence-corrected chi connectivity index (χ3v) is 3.90. The van der Waals surface area contributed by atoms with Crippen LogP contribution in [-0.4, -0.2) is 32.5 Å². The Hall–Kier alpha value is -1.98. The van der Waals surface area contributed by atoms with Crippen LogP contribution < -0.4 is 5.32 Å². The van der Waals surface area contributed by atoms with Gasteiger partial charge in [0.05, 0.1) is 5.69 Å². The maximum atomic E-state index is 9.13. The second-order valence-electron chi connectivity index (χ2n) is 5.51. The Bertz CT molecular complexity index is 621. The van der Waals surface area contributed by atoms with Crippen molar-refractivity contribution in [2.75, 3.05) is 6.61 Å². The predicted octanol–water partition coefficient (Wildman–Crippen LogP) is 1.60. The highest BCUT2D eigenvalue weighted by molar-refractivity contribution is 5.41. The minimum Gasteiger partial charge on any atom is -0.396 e. The lowest BCUT2D eigenvalue weighted by Crippen LogP contribution is -2.26. The Balaban J connectivity index is 1.62. The number of rotatable bonds is 5. The summed E-state index contributed by atoms with van der Waals surface area (Å²) in [5, 5.41) is 16.8. The maximum Gasteiger partial charge on any atom is 0.138 e. The largest absolute Gasteiger partial charge is 0.396 e. The van der Waals surface area contributed by atoms with Gasteiger partial charge in [-0.2, -0.15) is 5.10 Å². The van der Waals surface area contributed by atoms with Gasteiger partial charge in [0, 0.05) is 25.1 Å². The van der Waals surface area contributed by atoms with Gasteiger partial charge in [-0.15, -0.1) is 0 Å². The van der Waals surface area contributed by atoms with E-state index in [1.54, 1.807) is 17.3 Å². The van der Waals surface area contributed by atoms with Gasteiger partial charge >= 0.3 is 0 Å². The van der Waals surface area contributed by atoms with Crippen molar-refractivity contribution in [1.82, 2.24) is 20.1 Å². The average Bonchev–Trinajstić information content (AvgIpc) is 3.16. The van der Waals surface area contributed by atoms with Crippen molar-refractivity contribution >= 4 is 0 Å². The molecule has 0 saturated carbocycles. The molecule has 0 aliphatic heterocycles. The topological polar surface area (TPSA) is 63.0 Å². The second-order valence-corrected chi connectivity index (χ2v) is 5.51. The van der Waals surface area contributed by atoms with E-state index in [0.717, 1.165) is 18.7 Å². The highest BCUT2D eigenvalue weighted by Gasteiger charge is 2.17. The Morgan fingerprint density at radius 3 is 2.95 bits per heavy atom. The average molecular weight is 284 g/mol. The molecular weight excluding hydrogens is 264 g/mol. The van der Waals surface area contributed by atoms with E-state index >= 15 is 0 Å². The maximum absolute atomic E-state index is 9.13. The number of aryl methyl sites for hydroxylation is 1. The monoisotopic (exact) mass is 284 g/mol. The Morgan fingerprint density at radius 1 is 1.38 bits per heavy atom. The van der Waals surface area contributed by atoms with Crippen LogP contribution in [-0.2, 0) is 6.54 Å². The molecule has 5 nitrogen and oxygen atoms in total. The number of aliphatic hydroxyl groups excluding tert-OH is 1. The van der Waals surface area contributed by atoms with Crippen LogP contribution >= 0.6 is 0 Å². The predicted molar refractivity (Wildman–Crippen MR) is 81.1 cm³/mol. The van der Waals surface area contributed by atoms with Gasteiger partial charge in [-0.1, -0.05) is 24.3 Å². The van der Waals surface area contributed by atoms with Crippen LogP contribution in [0.25, 0.3) is 5.69 Å². The standard InChI is InChI=1S/C16H20N4O/c1-12-6-13(3-5-16(12)20-11-17-10-19-20)8-18-15-4-2-14(7-15)9-21/h2-6,10-11,14-15,18,21H,7-9H2,1H3/t14-,15+/m0/s1. The first-order valence-electron chi connectivity index (χ1n) is 7.23. The molecule has 5 heteroatoms. The van der Waals surface area contributed by atoms with Gasteiger partial charge in [0.2, 0.25) is 0 Å². The first-order chi connectivity index (χ1) is 10.3. The van der Waals surface area contributed by atoms with Crippen molar-refractivity contribution in [3.63, 3.8) is 0 Å². The smallest absolute Gasteiger partial charge is 0.138 e. The van der Waals surface area contributed by atoms with E-state index in [-0.39, 0.29) is 6.61 Å². The van der Waals surface area contributed by atoms with Crippen LogP contribution in [0, 0.1) is 12.8 Å². The Kier molecular flexibility index (Phi) is 4.13. The van der Waals surface area contributed by atoms with Crippen LogP contribution in [0.15, 0.2) is 43.0 Å². The molecule has 2 atom stereocenters. The zero-order valence-corrected chi connectivity index (χ0v) is 12.1. The first kappa shape index (κ1) is 14.0. The second kappa shape index (κ2) is 6.20. The van der Waals surface area contributed by atoms with E-state index in [1.807, 2.05) is 0 Å². The lowest BCUT2D eigenvalue weighted by atomic mass is 10.1. The van der Waals surface area contributed by atoms with E-state index < -0.39 is 0 Å². The minimum atomic E-state index is 0.236. The van der Waals surface area contributed by atoms with Crippen molar-refractivity contribution in [3.8, 4) is 5.69 Å². The summed E-state index contributed by atoms with van der Waals surface area (Å²) in [6.45, 7) is 3.14. The zero-order valence-electron chi connectivity index (χ0n) is 12.1. The molecule has 0 unspecified atom stereocenters. The summed E-state index contributed by atoms with van der Waals surface area (Å²) in [4.78, 5) is 3.98. The molecule has 110 valence electrons. The molecule has 1 aromatic heterocycles. The van der Waals surface area contributed by atoms with Gasteiger partial charge in [-0.25, -0.2) is 9.67 Å². The van der Waals surface area contributed by atoms with Crippen LogP contribution in [0.2, 0.25) is 0 Å². The quantitative estimate of drug-likeness (QED) is 0.819. The van der Waals surface area contributed by atoms with Gasteiger partial charge in [0.15, 0.2) is 0 Å². The van der Waals surface area contributed by atoms with Gasteiger partial charge in [0.1, 0.15) is 12.7 Å². The molecule has 3 rings (SSSR count). The summed E-state index contributed by atoms with van der Waals surface area (Å²) in [7, 11) is 0. The number of hydrogen-bond donors (Lipinski definition) is 2. The Morgan fingerprint density at radius 2 is 2.29 bits per heavy atom. The van der Waals surface area contributed by atoms with Crippen molar-refractivity contribution in [1.29, 1.82) is 0 Å². The fraction of sp³-hybridized carbons (Fsp3) is 0.375. The lowest BCUT2D eigenvalue weighted by molar-refractivity contribution is 0.246. The fourth-order valence-electron chi connectivity index (χ4n) is 2.73. The van der Waals surface area contributed by atoms with E-state index in [1.165, 1.54) is 11.1 Å². The van der Waals surface area contributed by atoms with Gasteiger partial charge in [-0.05, 0) is 30.5 Å². The van der Waals surface area contributed by atoms with E-state index in [0.29, 0.717) is 12.0 Å². The summed E-state index contributed by atoms with van der Waals surface area (Å²) in [5.41, 5.74) is 3.48. The van der Waals surface area contributed by atoms with Crippen molar-refractivity contribution in [3.05, 3.63) is 54.1 Å². The number of hydrogen-bond acceptors (Lipinski definition) is 4. The van der Waals surface area contributed by atoms with Gasteiger partial charge in [0.25, 0.3) is 0 Å². The highest BCUT2D eigenvalue weighted by atomic mass is 16.3. The van der Waals surface area contributed by atoms with Crippen molar-refractivity contribution in [2.45, 2.75) is 25.9 Å². The molecular formula is C16H20N4O. The Labute approximate surface area is 124 Å². The zero-order chi connectivity index (χ0) is 14.7. The fourth-order valence-corrected chi connectivity index (χ4v) is 2.73. The molecule has 1 aromatic carbocycles. The minimum absolute atomic E-state index is 0.236. The number of benzene rings is 1. The molecule has 2 aromatic rings. The van der Waals surface area contributed by atoms with Crippen LogP contribution in [0.4, 0.5) is 0 Å². The van der Waals surface area contributed by atoms with Crippen LogP contribution in [0.3, 0.4) is 0 Å². The third kappa shape index (κ3) is 3.20. The number of nitrogens with one attached hydrogen (secondary N) is 1. The molecule has 2 N–H and O–H groups in total. The molecule has 0 bridgehead atoms. The van der Waals surface area contributed by atoms with E-state index in [2.05, 4.69) is 52.7 Å². The van der Waals surface area contributed by atoms with Crippen molar-refractivity contribution < 1.29 is 5.11 Å². The molecule has 0 spiro atoms. The summed E-state index contributed by atoms with van der Waals surface area (Å²) < 4.78 is 1.78. The molecule has 0 radical (unpaired) electrons. The number of aromatic nitrogens is 3. The molecule has 0 amide bonds. The summed E-state index contributed by atoms with van der Waals surface area (Å²) in [5.74, 6) is 0.305. The molecule has 21 heavy (non-hydrogen) atoms. The number of nitrogens with zero attached hydrogens (tertiary/aromatic N) is 3. The molecule has 0 saturated heterocycles. The first-order valence-corrected chi connectivity index (χ1v) is 7.23. The third-order valence-electron chi connectivity index (χ3n) is 3.90.